The molecule has 1 N–H and O–H groups in total. The molecule has 0 unspecified atom stereocenters. The van der Waals surface area contributed by atoms with Crippen molar-refractivity contribution in [3.63, 3.8) is 0 Å². The molecule has 0 radical (unpaired) electrons. The van der Waals surface area contributed by atoms with E-state index in [-0.39, 0.29) is 11.9 Å². The lowest BCUT2D eigenvalue weighted by atomic mass is 10.0. The number of amides is 2. The highest BCUT2D eigenvalue weighted by atomic mass is 35.5. The number of nitrogens with one attached hydrogen (secondary N) is 1. The van der Waals surface area contributed by atoms with E-state index in [1.54, 1.807) is 17.0 Å². The Balaban J connectivity index is 1.37. The summed E-state index contributed by atoms with van der Waals surface area (Å²) < 4.78 is 5.35. The number of hydrogen-bond acceptors (Lipinski definition) is 4. The number of likely N-dealkylation sites (tertiary alicyclic amines) is 1. The monoisotopic (exact) mass is 354 g/mol. The number of hydrogen-bond donors (Lipinski definition) is 1. The first-order valence-corrected chi connectivity index (χ1v) is 8.28. The van der Waals surface area contributed by atoms with Crippen molar-refractivity contribution in [1.82, 2.24) is 15.0 Å². The van der Waals surface area contributed by atoms with Crippen LogP contribution in [0.2, 0.25) is 5.02 Å². The van der Waals surface area contributed by atoms with Crippen LogP contribution in [-0.2, 0) is 0 Å². The van der Waals surface area contributed by atoms with Gasteiger partial charge in [0, 0.05) is 18.7 Å². The molecule has 2 heterocycles. The van der Waals surface area contributed by atoms with Crippen molar-refractivity contribution >= 4 is 23.3 Å². The Morgan fingerprint density at radius 2 is 1.84 bits per heavy atom. The van der Waals surface area contributed by atoms with Gasteiger partial charge in [-0.05, 0) is 12.1 Å². The molecule has 4 rings (SSSR count). The average molecular weight is 355 g/mol. The van der Waals surface area contributed by atoms with Crippen LogP contribution < -0.4 is 5.32 Å². The summed E-state index contributed by atoms with van der Waals surface area (Å²) in [7, 11) is 0. The van der Waals surface area contributed by atoms with Crippen molar-refractivity contribution in [2.45, 2.75) is 5.92 Å². The fourth-order valence-electron chi connectivity index (χ4n) is 2.66. The zero-order valence-electron chi connectivity index (χ0n) is 13.2. The largest absolute Gasteiger partial charge is 0.339 e. The number of carbonyl (C=O) groups is 1. The van der Waals surface area contributed by atoms with Crippen LogP contribution in [0.1, 0.15) is 11.8 Å². The summed E-state index contributed by atoms with van der Waals surface area (Å²) in [5.41, 5.74) is 1.51. The van der Waals surface area contributed by atoms with Crippen molar-refractivity contribution in [1.29, 1.82) is 0 Å². The number of urea groups is 1. The molecule has 3 aromatic rings. The number of halogens is 1. The normalized spacial score (nSPS) is 14.2. The second kappa shape index (κ2) is 6.57. The van der Waals surface area contributed by atoms with E-state index in [9.17, 15) is 4.79 Å². The van der Waals surface area contributed by atoms with Gasteiger partial charge in [0.25, 0.3) is 0 Å². The van der Waals surface area contributed by atoms with E-state index in [1.165, 1.54) is 0 Å². The summed E-state index contributed by atoms with van der Waals surface area (Å²) in [6, 6.07) is 16.6. The van der Waals surface area contributed by atoms with E-state index in [2.05, 4.69) is 15.5 Å². The zero-order valence-corrected chi connectivity index (χ0v) is 14.0. The van der Waals surface area contributed by atoms with Gasteiger partial charge < -0.3 is 14.7 Å². The maximum Gasteiger partial charge on any atom is 0.321 e. The molecular formula is C18H15ClN4O2. The van der Waals surface area contributed by atoms with Gasteiger partial charge in [-0.15, -0.1) is 0 Å². The first-order chi connectivity index (χ1) is 12.2. The molecule has 126 valence electrons. The molecule has 1 saturated heterocycles. The van der Waals surface area contributed by atoms with Crippen LogP contribution in [0.15, 0.2) is 59.1 Å². The molecule has 0 saturated carbocycles. The van der Waals surface area contributed by atoms with Crippen molar-refractivity contribution in [3.8, 4) is 11.4 Å². The van der Waals surface area contributed by atoms with E-state index in [1.807, 2.05) is 42.5 Å². The highest BCUT2D eigenvalue weighted by Gasteiger charge is 2.35. The summed E-state index contributed by atoms with van der Waals surface area (Å²) in [5, 5.41) is 7.33. The highest BCUT2D eigenvalue weighted by molar-refractivity contribution is 6.33. The van der Waals surface area contributed by atoms with Gasteiger partial charge in [0.1, 0.15) is 0 Å². The maximum atomic E-state index is 12.2. The fraction of sp³-hybridized carbons (Fsp3) is 0.167. The Morgan fingerprint density at radius 3 is 2.60 bits per heavy atom. The van der Waals surface area contributed by atoms with Crippen molar-refractivity contribution in [2.75, 3.05) is 18.4 Å². The Kier molecular flexibility index (Phi) is 4.11. The van der Waals surface area contributed by atoms with Crippen molar-refractivity contribution < 1.29 is 9.32 Å². The van der Waals surface area contributed by atoms with Gasteiger partial charge in [0.2, 0.25) is 11.7 Å². The molecule has 1 aliphatic rings. The minimum atomic E-state index is -0.188. The second-order valence-electron chi connectivity index (χ2n) is 5.83. The van der Waals surface area contributed by atoms with Crippen molar-refractivity contribution in [2.24, 2.45) is 0 Å². The number of para-hydroxylation sites is 1. The molecular weight excluding hydrogens is 340 g/mol. The fourth-order valence-corrected chi connectivity index (χ4v) is 2.85. The zero-order chi connectivity index (χ0) is 17.2. The molecule has 2 amide bonds. The predicted molar refractivity (Wildman–Crippen MR) is 94.5 cm³/mol. The van der Waals surface area contributed by atoms with E-state index >= 15 is 0 Å². The summed E-state index contributed by atoms with van der Waals surface area (Å²) >= 11 is 6.05. The Morgan fingerprint density at radius 1 is 1.12 bits per heavy atom. The average Bonchev–Trinajstić information content (AvgIpc) is 3.06. The predicted octanol–water partition coefficient (Wildman–Crippen LogP) is 4.02. The number of rotatable bonds is 3. The van der Waals surface area contributed by atoms with Gasteiger partial charge >= 0.3 is 6.03 Å². The number of anilines is 1. The highest BCUT2D eigenvalue weighted by Crippen LogP contribution is 2.29. The molecule has 6 nitrogen and oxygen atoms in total. The minimum Gasteiger partial charge on any atom is -0.339 e. The number of nitrogens with zero attached hydrogens (tertiary/aromatic N) is 3. The van der Waals surface area contributed by atoms with Crippen LogP contribution >= 0.6 is 11.6 Å². The van der Waals surface area contributed by atoms with Crippen LogP contribution in [0, 0.1) is 0 Å². The van der Waals surface area contributed by atoms with E-state index in [4.69, 9.17) is 16.1 Å². The second-order valence-corrected chi connectivity index (χ2v) is 6.24. The first kappa shape index (κ1) is 15.7. The molecule has 0 atom stereocenters. The first-order valence-electron chi connectivity index (χ1n) is 7.90. The molecule has 0 bridgehead atoms. The third-order valence-electron chi connectivity index (χ3n) is 4.11. The minimum absolute atomic E-state index is 0.0574. The van der Waals surface area contributed by atoms with Gasteiger partial charge in [-0.3, -0.25) is 0 Å². The van der Waals surface area contributed by atoms with Gasteiger partial charge in [-0.25, -0.2) is 4.79 Å². The molecule has 0 spiro atoms. The lowest BCUT2D eigenvalue weighted by molar-refractivity contribution is 0.147. The number of carbonyl (C=O) groups excluding carboxylic acids is 1. The Hall–Kier alpha value is -2.86. The Bertz CT molecular complexity index is 891. The summed E-state index contributed by atoms with van der Waals surface area (Å²) in [6.07, 6.45) is 0. The smallest absolute Gasteiger partial charge is 0.321 e. The third-order valence-corrected chi connectivity index (χ3v) is 4.44. The SMILES string of the molecule is O=C(Nc1ccccc1Cl)N1CC(c2nc(-c3ccccc3)no2)C1. The molecule has 7 heteroatoms. The van der Waals surface area contributed by atoms with E-state index in [0.717, 1.165) is 5.56 Å². The topological polar surface area (TPSA) is 71.3 Å². The molecule has 0 aliphatic carbocycles. The van der Waals surface area contributed by atoms with Crippen LogP contribution in [0.5, 0.6) is 0 Å². The number of benzene rings is 2. The van der Waals surface area contributed by atoms with Crippen LogP contribution in [0.4, 0.5) is 10.5 Å². The van der Waals surface area contributed by atoms with Gasteiger partial charge in [-0.1, -0.05) is 59.2 Å². The summed E-state index contributed by atoms with van der Waals surface area (Å²) in [5.74, 6) is 1.18. The van der Waals surface area contributed by atoms with Crippen LogP contribution in [0.25, 0.3) is 11.4 Å². The molecule has 25 heavy (non-hydrogen) atoms. The van der Waals surface area contributed by atoms with Gasteiger partial charge in [0.05, 0.1) is 16.6 Å². The van der Waals surface area contributed by atoms with Crippen LogP contribution in [0.3, 0.4) is 0 Å². The Labute approximate surface area is 149 Å². The van der Waals surface area contributed by atoms with Crippen molar-refractivity contribution in [3.05, 3.63) is 65.5 Å². The lowest BCUT2D eigenvalue weighted by Gasteiger charge is -2.36. The lowest BCUT2D eigenvalue weighted by Crippen LogP contribution is -2.50. The molecule has 1 aromatic heterocycles. The number of aromatic nitrogens is 2. The molecule has 1 fully saturated rings. The quantitative estimate of drug-likeness (QED) is 0.771. The van der Waals surface area contributed by atoms with Gasteiger partial charge in [-0.2, -0.15) is 4.98 Å². The van der Waals surface area contributed by atoms with Crippen LogP contribution in [-0.4, -0.2) is 34.2 Å². The standard InChI is InChI=1S/C18H15ClN4O2/c19-14-8-4-5-9-15(14)20-18(24)23-10-13(11-23)17-21-16(22-25-17)12-6-2-1-3-7-12/h1-9,13H,10-11H2,(H,20,24). The van der Waals surface area contributed by atoms with Gasteiger partial charge in [0.15, 0.2) is 0 Å². The maximum absolute atomic E-state index is 12.2. The third kappa shape index (κ3) is 3.21. The van der Waals surface area contributed by atoms with E-state index in [0.29, 0.717) is 35.5 Å². The summed E-state index contributed by atoms with van der Waals surface area (Å²) in [6.45, 7) is 1.07. The summed E-state index contributed by atoms with van der Waals surface area (Å²) in [4.78, 5) is 18.4. The van der Waals surface area contributed by atoms with E-state index < -0.39 is 0 Å². The molecule has 1 aliphatic heterocycles. The molecule has 2 aromatic carbocycles.